The largest absolute Gasteiger partial charge is 0.497 e. The highest BCUT2D eigenvalue weighted by molar-refractivity contribution is 7.89. The molecule has 1 N–H and O–H groups in total. The van der Waals surface area contributed by atoms with Gasteiger partial charge in [0.15, 0.2) is 0 Å². The molecule has 0 aromatic heterocycles. The second-order valence-corrected chi connectivity index (χ2v) is 6.59. The third-order valence-corrected chi connectivity index (χ3v) is 4.64. The lowest BCUT2D eigenvalue weighted by Crippen LogP contribution is -2.28. The topological polar surface area (TPSA) is 73.9 Å². The van der Waals surface area contributed by atoms with E-state index in [-0.39, 0.29) is 18.0 Å². The summed E-state index contributed by atoms with van der Waals surface area (Å²) < 4.78 is 42.7. The van der Waals surface area contributed by atoms with Gasteiger partial charge < -0.3 is 14.2 Å². The summed E-state index contributed by atoms with van der Waals surface area (Å²) >= 11 is 0. The Morgan fingerprint density at radius 1 is 0.875 bits per heavy atom. The van der Waals surface area contributed by atoms with E-state index in [1.54, 1.807) is 43.5 Å². The summed E-state index contributed by atoms with van der Waals surface area (Å²) in [7, 11) is -1.97. The molecule has 0 heterocycles. The van der Waals surface area contributed by atoms with Gasteiger partial charge in [-0.25, -0.2) is 13.1 Å². The minimum absolute atomic E-state index is 0.168. The Kier molecular flexibility index (Phi) is 6.45. The number of methoxy groups -OCH3 is 1. The molecule has 0 aliphatic rings. The summed E-state index contributed by atoms with van der Waals surface area (Å²) in [5, 5.41) is 0. The van der Waals surface area contributed by atoms with Crippen molar-refractivity contribution >= 4 is 10.0 Å². The van der Waals surface area contributed by atoms with Crippen LogP contribution >= 0.6 is 0 Å². The molecule has 0 fully saturated rings. The van der Waals surface area contributed by atoms with Crippen molar-refractivity contribution in [2.45, 2.75) is 11.8 Å². The fourth-order valence-corrected chi connectivity index (χ4v) is 3.00. The molecule has 0 saturated carbocycles. The Morgan fingerprint density at radius 3 is 2.00 bits per heavy atom. The van der Waals surface area contributed by atoms with Gasteiger partial charge in [0.2, 0.25) is 10.0 Å². The van der Waals surface area contributed by atoms with Crippen LogP contribution in [-0.4, -0.2) is 35.3 Å². The second kappa shape index (κ2) is 8.56. The van der Waals surface area contributed by atoms with Gasteiger partial charge in [-0.1, -0.05) is 0 Å². The van der Waals surface area contributed by atoms with Crippen LogP contribution in [-0.2, 0) is 10.0 Å². The predicted molar refractivity (Wildman–Crippen MR) is 91.3 cm³/mol. The van der Waals surface area contributed by atoms with E-state index in [1.165, 1.54) is 12.1 Å². The molecule has 0 saturated heterocycles. The summed E-state index contributed by atoms with van der Waals surface area (Å²) in [6.07, 6.45) is 0. The SMILES string of the molecule is CCOc1ccc(S(=O)(=O)NCCOc2ccc(OC)cc2)cc1. The van der Waals surface area contributed by atoms with E-state index >= 15 is 0 Å². The Balaban J connectivity index is 1.83. The third kappa shape index (κ3) is 5.14. The van der Waals surface area contributed by atoms with Gasteiger partial charge in [-0.2, -0.15) is 0 Å². The Labute approximate surface area is 142 Å². The Bertz CT molecular complexity index is 727. The van der Waals surface area contributed by atoms with Crippen LogP contribution in [0.2, 0.25) is 0 Å². The fourth-order valence-electron chi connectivity index (χ4n) is 1.98. The first kappa shape index (κ1) is 18.1. The Morgan fingerprint density at radius 2 is 1.42 bits per heavy atom. The minimum atomic E-state index is -3.56. The standard InChI is InChI=1S/C17H21NO5S/c1-3-22-15-8-10-17(11-9-15)24(19,20)18-12-13-23-16-6-4-14(21-2)5-7-16/h4-11,18H,3,12-13H2,1-2H3. The van der Waals surface area contributed by atoms with Gasteiger partial charge in [-0.3, -0.25) is 0 Å². The van der Waals surface area contributed by atoms with Crippen LogP contribution in [0.5, 0.6) is 17.2 Å². The summed E-state index contributed by atoms with van der Waals surface area (Å²) in [6.45, 7) is 2.80. The van der Waals surface area contributed by atoms with Crippen molar-refractivity contribution < 1.29 is 22.6 Å². The molecule has 0 radical (unpaired) electrons. The first-order valence-corrected chi connectivity index (χ1v) is 9.03. The molecule has 130 valence electrons. The first-order chi connectivity index (χ1) is 11.5. The zero-order valence-electron chi connectivity index (χ0n) is 13.7. The monoisotopic (exact) mass is 351 g/mol. The van der Waals surface area contributed by atoms with E-state index in [2.05, 4.69) is 4.72 Å². The van der Waals surface area contributed by atoms with Crippen molar-refractivity contribution in [3.8, 4) is 17.2 Å². The van der Waals surface area contributed by atoms with Gasteiger partial charge in [0.05, 0.1) is 18.6 Å². The number of ether oxygens (including phenoxy) is 3. The van der Waals surface area contributed by atoms with Crippen molar-refractivity contribution in [1.29, 1.82) is 0 Å². The molecule has 0 unspecified atom stereocenters. The molecule has 0 spiro atoms. The minimum Gasteiger partial charge on any atom is -0.497 e. The highest BCUT2D eigenvalue weighted by Gasteiger charge is 2.13. The molecular formula is C17H21NO5S. The highest BCUT2D eigenvalue weighted by Crippen LogP contribution is 2.17. The van der Waals surface area contributed by atoms with Crippen molar-refractivity contribution in [2.24, 2.45) is 0 Å². The van der Waals surface area contributed by atoms with E-state index in [4.69, 9.17) is 14.2 Å². The molecule has 2 aromatic rings. The first-order valence-electron chi connectivity index (χ1n) is 7.54. The van der Waals surface area contributed by atoms with Crippen LogP contribution in [0, 0.1) is 0 Å². The summed E-state index contributed by atoms with van der Waals surface area (Å²) in [5.74, 6) is 2.02. The quantitative estimate of drug-likeness (QED) is 0.703. The molecular weight excluding hydrogens is 330 g/mol. The van der Waals surface area contributed by atoms with E-state index < -0.39 is 10.0 Å². The number of hydrogen-bond acceptors (Lipinski definition) is 5. The van der Waals surface area contributed by atoms with Crippen LogP contribution in [0.1, 0.15) is 6.92 Å². The molecule has 0 atom stereocenters. The number of rotatable bonds is 9. The summed E-state index contributed by atoms with van der Waals surface area (Å²) in [6, 6.07) is 13.4. The molecule has 2 aromatic carbocycles. The van der Waals surface area contributed by atoms with Crippen molar-refractivity contribution in [3.63, 3.8) is 0 Å². The molecule has 0 aliphatic heterocycles. The van der Waals surface area contributed by atoms with Crippen LogP contribution < -0.4 is 18.9 Å². The zero-order valence-corrected chi connectivity index (χ0v) is 14.5. The number of nitrogens with one attached hydrogen (secondary N) is 1. The van der Waals surface area contributed by atoms with Gasteiger partial charge >= 0.3 is 0 Å². The summed E-state index contributed by atoms with van der Waals surface area (Å²) in [5.41, 5.74) is 0. The molecule has 7 heteroatoms. The third-order valence-electron chi connectivity index (χ3n) is 3.17. The summed E-state index contributed by atoms with van der Waals surface area (Å²) in [4.78, 5) is 0.190. The van der Waals surface area contributed by atoms with Crippen LogP contribution in [0.3, 0.4) is 0 Å². The molecule has 2 rings (SSSR count). The van der Waals surface area contributed by atoms with Crippen molar-refractivity contribution in [3.05, 3.63) is 48.5 Å². The van der Waals surface area contributed by atoms with Crippen molar-refractivity contribution in [1.82, 2.24) is 4.72 Å². The molecule has 24 heavy (non-hydrogen) atoms. The predicted octanol–water partition coefficient (Wildman–Crippen LogP) is 2.45. The van der Waals surface area contributed by atoms with E-state index in [0.29, 0.717) is 18.1 Å². The average molecular weight is 351 g/mol. The lowest BCUT2D eigenvalue weighted by atomic mass is 10.3. The Hall–Kier alpha value is -2.25. The van der Waals surface area contributed by atoms with Crippen molar-refractivity contribution in [2.75, 3.05) is 26.9 Å². The normalized spacial score (nSPS) is 11.1. The maximum atomic E-state index is 12.2. The average Bonchev–Trinajstić information content (AvgIpc) is 2.60. The second-order valence-electron chi connectivity index (χ2n) is 4.83. The smallest absolute Gasteiger partial charge is 0.240 e. The highest BCUT2D eigenvalue weighted by atomic mass is 32.2. The van der Waals surface area contributed by atoms with Gasteiger partial charge in [-0.05, 0) is 55.5 Å². The lowest BCUT2D eigenvalue weighted by Gasteiger charge is -2.09. The molecule has 0 bridgehead atoms. The zero-order chi connectivity index (χ0) is 17.4. The van der Waals surface area contributed by atoms with E-state index in [9.17, 15) is 8.42 Å². The number of sulfonamides is 1. The number of benzene rings is 2. The fraction of sp³-hybridized carbons (Fsp3) is 0.294. The molecule has 6 nitrogen and oxygen atoms in total. The maximum absolute atomic E-state index is 12.2. The van der Waals surface area contributed by atoms with Crippen LogP contribution in [0.15, 0.2) is 53.4 Å². The van der Waals surface area contributed by atoms with Crippen LogP contribution in [0.4, 0.5) is 0 Å². The maximum Gasteiger partial charge on any atom is 0.240 e. The van der Waals surface area contributed by atoms with Gasteiger partial charge in [0, 0.05) is 6.54 Å². The van der Waals surface area contributed by atoms with Gasteiger partial charge in [0.25, 0.3) is 0 Å². The van der Waals surface area contributed by atoms with Gasteiger partial charge in [-0.15, -0.1) is 0 Å². The molecule has 0 aliphatic carbocycles. The molecule has 0 amide bonds. The van der Waals surface area contributed by atoms with E-state index in [0.717, 1.165) is 5.75 Å². The lowest BCUT2D eigenvalue weighted by molar-refractivity contribution is 0.322. The number of hydrogen-bond donors (Lipinski definition) is 1. The van der Waals surface area contributed by atoms with E-state index in [1.807, 2.05) is 6.92 Å². The van der Waals surface area contributed by atoms with Crippen LogP contribution in [0.25, 0.3) is 0 Å². The van der Waals surface area contributed by atoms with Gasteiger partial charge in [0.1, 0.15) is 23.9 Å².